The number of amides is 1. The number of likely N-dealkylation sites (tertiary alicyclic amines) is 1. The fraction of sp³-hybridized carbons (Fsp3) is 0.294. The van der Waals surface area contributed by atoms with E-state index in [2.05, 4.69) is 41.4 Å². The van der Waals surface area contributed by atoms with Crippen LogP contribution in [0.25, 0.3) is 22.0 Å². The number of nitrogens with one attached hydrogen (secondary N) is 1. The zero-order valence-corrected chi connectivity index (χ0v) is 23.0. The predicted octanol–water partition coefficient (Wildman–Crippen LogP) is 7.80. The Morgan fingerprint density at radius 3 is 2.48 bits per heavy atom. The second kappa shape index (κ2) is 13.2. The van der Waals surface area contributed by atoms with E-state index in [0.717, 1.165) is 79.6 Å². The molecule has 1 aliphatic rings. The summed E-state index contributed by atoms with van der Waals surface area (Å²) in [5.74, 6) is 0.527. The van der Waals surface area contributed by atoms with Gasteiger partial charge in [-0.15, -0.1) is 0 Å². The van der Waals surface area contributed by atoms with Gasteiger partial charge in [0.2, 0.25) is 11.9 Å². The quantitative estimate of drug-likeness (QED) is 0.121. The number of nitrogens with zero attached hydrogens (tertiary/aromatic N) is 2. The van der Waals surface area contributed by atoms with Crippen molar-refractivity contribution in [1.82, 2.24) is 15.1 Å². The fourth-order valence-electron chi connectivity index (χ4n) is 5.31. The monoisotopic (exact) mass is 537 g/mol. The summed E-state index contributed by atoms with van der Waals surface area (Å²) in [4.78, 5) is 14.0. The molecule has 2 heterocycles. The molecule has 1 aliphatic heterocycles. The normalized spacial score (nSPS) is 14.2. The number of H-pyrrole nitrogens is 1. The van der Waals surface area contributed by atoms with Crippen LogP contribution in [0.4, 0.5) is 4.39 Å². The van der Waals surface area contributed by atoms with Gasteiger partial charge in [0.25, 0.3) is 0 Å². The zero-order valence-electron chi connectivity index (χ0n) is 23.0. The van der Waals surface area contributed by atoms with Gasteiger partial charge in [-0.05, 0) is 96.7 Å². The molecule has 4 aromatic rings. The summed E-state index contributed by atoms with van der Waals surface area (Å²) in [6, 6.07) is 24.2. The zero-order chi connectivity index (χ0) is 27.7. The third-order valence-electron chi connectivity index (χ3n) is 7.43. The molecule has 3 aromatic carbocycles. The van der Waals surface area contributed by atoms with Gasteiger partial charge in [-0.1, -0.05) is 61.5 Å². The summed E-state index contributed by atoms with van der Waals surface area (Å²) >= 11 is 0. The highest BCUT2D eigenvalue weighted by atomic mass is 19.1. The van der Waals surface area contributed by atoms with Gasteiger partial charge < -0.3 is 9.64 Å². The number of allylic oxidation sites excluding steroid dienone is 2. The Balaban J connectivity index is 1.27. The number of hydrogen-bond donors (Lipinski definition) is 1. The van der Waals surface area contributed by atoms with Crippen LogP contribution >= 0.6 is 0 Å². The van der Waals surface area contributed by atoms with E-state index < -0.39 is 5.95 Å². The summed E-state index contributed by atoms with van der Waals surface area (Å²) < 4.78 is 20.4. The average molecular weight is 538 g/mol. The van der Waals surface area contributed by atoms with Gasteiger partial charge in [-0.25, -0.2) is 0 Å². The predicted molar refractivity (Wildman–Crippen MR) is 159 cm³/mol. The standard InChI is InChI=1S/C34H36FN3O2/c1-2-29(25-12-6-5-7-13-25)33(27-17-20-31-30(24-27)34(35)37-36-31)26-15-18-28(19-16-26)40-23-11-4-3-8-14-32(39)38-21-9-10-22-38/h5-8,12-20,24H,2-4,9-11,21-23H2,1H3,(H,36,37)/b14-8+,33-29+. The molecule has 0 saturated carbocycles. The third kappa shape index (κ3) is 6.50. The van der Waals surface area contributed by atoms with Crippen LogP contribution < -0.4 is 4.74 Å². The van der Waals surface area contributed by atoms with Crippen molar-refractivity contribution in [3.63, 3.8) is 0 Å². The molecule has 0 unspecified atom stereocenters. The number of hydrogen-bond acceptors (Lipinski definition) is 3. The van der Waals surface area contributed by atoms with Crippen molar-refractivity contribution in [2.45, 2.75) is 45.4 Å². The van der Waals surface area contributed by atoms with Gasteiger partial charge >= 0.3 is 0 Å². The molecule has 0 spiro atoms. The number of halogens is 1. The van der Waals surface area contributed by atoms with Gasteiger partial charge in [0, 0.05) is 13.1 Å². The van der Waals surface area contributed by atoms with Crippen LogP contribution in [0.15, 0.2) is 84.9 Å². The van der Waals surface area contributed by atoms with Gasteiger partial charge in [0.1, 0.15) is 5.75 Å². The van der Waals surface area contributed by atoms with Gasteiger partial charge in [0.05, 0.1) is 17.5 Å². The molecule has 0 atom stereocenters. The molecule has 1 N–H and O–H groups in total. The summed E-state index contributed by atoms with van der Waals surface area (Å²) in [6.07, 6.45) is 9.51. The Kier molecular flexibility index (Phi) is 9.07. The average Bonchev–Trinajstić information content (AvgIpc) is 3.67. The van der Waals surface area contributed by atoms with E-state index in [1.165, 1.54) is 5.57 Å². The first-order chi connectivity index (χ1) is 19.6. The Bertz CT molecular complexity index is 1480. The molecular weight excluding hydrogens is 501 g/mol. The number of aromatic nitrogens is 2. The maximum Gasteiger partial charge on any atom is 0.246 e. The first kappa shape index (κ1) is 27.4. The Morgan fingerprint density at radius 2 is 1.73 bits per heavy atom. The third-order valence-corrected chi connectivity index (χ3v) is 7.43. The van der Waals surface area contributed by atoms with E-state index in [1.54, 1.807) is 6.08 Å². The van der Waals surface area contributed by atoms with E-state index >= 15 is 0 Å². The summed E-state index contributed by atoms with van der Waals surface area (Å²) in [5, 5.41) is 6.98. The molecule has 1 aromatic heterocycles. The number of fused-ring (bicyclic) bond motifs is 1. The largest absolute Gasteiger partial charge is 0.494 e. The minimum atomic E-state index is -0.425. The van der Waals surface area contributed by atoms with Crippen LogP contribution in [0.3, 0.4) is 0 Å². The van der Waals surface area contributed by atoms with Crippen LogP contribution in [0.1, 0.15) is 62.1 Å². The first-order valence-electron chi connectivity index (χ1n) is 14.3. The van der Waals surface area contributed by atoms with Crippen LogP contribution in [0.2, 0.25) is 0 Å². The Labute approximate surface area is 235 Å². The van der Waals surface area contributed by atoms with Crippen molar-refractivity contribution in [3.05, 3.63) is 108 Å². The minimum Gasteiger partial charge on any atom is -0.494 e. The molecule has 0 aliphatic carbocycles. The molecule has 1 fully saturated rings. The molecule has 0 radical (unpaired) electrons. The van der Waals surface area contributed by atoms with Gasteiger partial charge in [-0.2, -0.15) is 9.49 Å². The number of benzene rings is 3. The number of rotatable bonds is 11. The second-order valence-corrected chi connectivity index (χ2v) is 10.1. The second-order valence-electron chi connectivity index (χ2n) is 10.1. The maximum absolute atomic E-state index is 14.4. The van der Waals surface area contributed by atoms with E-state index in [1.807, 2.05) is 59.5 Å². The maximum atomic E-state index is 14.4. The summed E-state index contributed by atoms with van der Waals surface area (Å²) in [7, 11) is 0. The fourth-order valence-corrected chi connectivity index (χ4v) is 5.31. The lowest BCUT2D eigenvalue weighted by Gasteiger charge is -2.17. The lowest BCUT2D eigenvalue weighted by Crippen LogP contribution is -2.25. The van der Waals surface area contributed by atoms with Crippen molar-refractivity contribution < 1.29 is 13.9 Å². The summed E-state index contributed by atoms with van der Waals surface area (Å²) in [5.41, 5.74) is 5.99. The van der Waals surface area contributed by atoms with E-state index in [-0.39, 0.29) is 5.91 Å². The van der Waals surface area contributed by atoms with Crippen molar-refractivity contribution in [3.8, 4) is 5.75 Å². The SMILES string of the molecule is CC/C(=C(/c1ccc(OCCCC/C=C/C(=O)N2CCCC2)cc1)c1ccc2n[nH]c(F)c2c1)c1ccccc1. The van der Waals surface area contributed by atoms with Crippen LogP contribution in [-0.4, -0.2) is 40.7 Å². The molecule has 5 nitrogen and oxygen atoms in total. The number of unbranched alkanes of at least 4 members (excludes halogenated alkanes) is 2. The van der Waals surface area contributed by atoms with Crippen molar-refractivity contribution in [1.29, 1.82) is 0 Å². The molecule has 6 heteroatoms. The highest BCUT2D eigenvalue weighted by molar-refractivity contribution is 6.00. The smallest absolute Gasteiger partial charge is 0.246 e. The van der Waals surface area contributed by atoms with E-state index in [0.29, 0.717) is 17.5 Å². The molecular formula is C34H36FN3O2. The number of aromatic amines is 1. The van der Waals surface area contributed by atoms with Crippen LogP contribution in [-0.2, 0) is 4.79 Å². The van der Waals surface area contributed by atoms with Gasteiger partial charge in [0.15, 0.2) is 0 Å². The number of ether oxygens (including phenoxy) is 1. The van der Waals surface area contributed by atoms with Crippen LogP contribution in [0, 0.1) is 5.95 Å². The highest BCUT2D eigenvalue weighted by Crippen LogP contribution is 2.36. The van der Waals surface area contributed by atoms with E-state index in [9.17, 15) is 9.18 Å². The topological polar surface area (TPSA) is 58.2 Å². The Morgan fingerprint density at radius 1 is 0.975 bits per heavy atom. The number of carbonyl (C=O) groups excluding carboxylic acids is 1. The number of carbonyl (C=O) groups is 1. The molecule has 40 heavy (non-hydrogen) atoms. The molecule has 206 valence electrons. The van der Waals surface area contributed by atoms with Crippen LogP contribution in [0.5, 0.6) is 5.75 Å². The first-order valence-corrected chi connectivity index (χ1v) is 14.3. The molecule has 5 rings (SSSR count). The molecule has 1 saturated heterocycles. The minimum absolute atomic E-state index is 0.135. The molecule has 1 amide bonds. The van der Waals surface area contributed by atoms with Crippen molar-refractivity contribution >= 4 is 28.0 Å². The summed E-state index contributed by atoms with van der Waals surface area (Å²) in [6.45, 7) is 4.54. The highest BCUT2D eigenvalue weighted by Gasteiger charge is 2.16. The van der Waals surface area contributed by atoms with Crippen molar-refractivity contribution in [2.24, 2.45) is 0 Å². The van der Waals surface area contributed by atoms with Crippen molar-refractivity contribution in [2.75, 3.05) is 19.7 Å². The lowest BCUT2D eigenvalue weighted by molar-refractivity contribution is -0.125. The lowest BCUT2D eigenvalue weighted by atomic mass is 9.88. The molecule has 0 bridgehead atoms. The van der Waals surface area contributed by atoms with Gasteiger partial charge in [-0.3, -0.25) is 9.89 Å². The Hall–Kier alpha value is -4.19. The van der Waals surface area contributed by atoms with E-state index in [4.69, 9.17) is 4.74 Å².